The molecule has 0 saturated heterocycles. The van der Waals surface area contributed by atoms with Crippen LogP contribution in [0.15, 0.2) is 71.3 Å². The second-order valence-corrected chi connectivity index (χ2v) is 7.13. The van der Waals surface area contributed by atoms with Crippen molar-refractivity contribution in [1.29, 1.82) is 0 Å². The molecule has 1 amide bonds. The Morgan fingerprint density at radius 3 is 2.34 bits per heavy atom. The van der Waals surface area contributed by atoms with Crippen LogP contribution in [0.25, 0.3) is 11.5 Å². The molecule has 0 spiro atoms. The fraction of sp³-hybridized carbons (Fsp3) is 0.261. The van der Waals surface area contributed by atoms with Gasteiger partial charge in [-0.05, 0) is 36.6 Å². The van der Waals surface area contributed by atoms with Crippen LogP contribution in [-0.2, 0) is 16.1 Å². The second kappa shape index (κ2) is 9.68. The minimum Gasteiger partial charge on any atom is -0.456 e. The van der Waals surface area contributed by atoms with Gasteiger partial charge in [0.1, 0.15) is 6.04 Å². The van der Waals surface area contributed by atoms with Crippen molar-refractivity contribution in [3.05, 3.63) is 78.2 Å². The summed E-state index contributed by atoms with van der Waals surface area (Å²) in [5.41, 5.74) is 1.34. The Hall–Kier alpha value is -3.41. The first-order chi connectivity index (χ1) is 14.0. The fourth-order valence-electron chi connectivity index (χ4n) is 2.85. The zero-order chi connectivity index (χ0) is 20.6. The molecule has 6 nitrogen and oxygen atoms in total. The Morgan fingerprint density at radius 1 is 1.03 bits per heavy atom. The van der Waals surface area contributed by atoms with E-state index in [0.717, 1.165) is 5.56 Å². The van der Waals surface area contributed by atoms with Gasteiger partial charge in [-0.25, -0.2) is 9.78 Å². The Labute approximate surface area is 169 Å². The summed E-state index contributed by atoms with van der Waals surface area (Å²) in [6, 6.07) is 17.5. The highest BCUT2D eigenvalue weighted by Gasteiger charge is 2.24. The van der Waals surface area contributed by atoms with E-state index in [2.05, 4.69) is 10.3 Å². The third kappa shape index (κ3) is 5.78. The highest BCUT2D eigenvalue weighted by molar-refractivity contribution is 5.96. The van der Waals surface area contributed by atoms with Crippen LogP contribution >= 0.6 is 0 Å². The van der Waals surface area contributed by atoms with E-state index in [9.17, 15) is 9.59 Å². The minimum absolute atomic E-state index is 0.0472. The highest BCUT2D eigenvalue weighted by atomic mass is 16.5. The number of oxazole rings is 1. The molecule has 1 atom stereocenters. The first-order valence-corrected chi connectivity index (χ1v) is 9.55. The summed E-state index contributed by atoms with van der Waals surface area (Å²) in [7, 11) is 0. The quantitative estimate of drug-likeness (QED) is 0.580. The van der Waals surface area contributed by atoms with Gasteiger partial charge in [0.2, 0.25) is 5.89 Å². The molecular weight excluding hydrogens is 368 g/mol. The number of carbonyl (C=O) groups excluding carboxylic acids is 2. The van der Waals surface area contributed by atoms with Crippen LogP contribution in [0.4, 0.5) is 0 Å². The molecule has 0 radical (unpaired) electrons. The van der Waals surface area contributed by atoms with E-state index in [4.69, 9.17) is 9.15 Å². The van der Waals surface area contributed by atoms with Crippen molar-refractivity contribution in [3.8, 4) is 11.5 Å². The van der Waals surface area contributed by atoms with Gasteiger partial charge in [0.05, 0.1) is 6.20 Å². The van der Waals surface area contributed by atoms with Crippen molar-refractivity contribution in [2.75, 3.05) is 0 Å². The number of esters is 1. The third-order valence-corrected chi connectivity index (χ3v) is 4.26. The Kier molecular flexibility index (Phi) is 6.79. The average Bonchev–Trinajstić information content (AvgIpc) is 3.21. The summed E-state index contributed by atoms with van der Waals surface area (Å²) in [6.45, 7) is 3.92. The number of aromatic nitrogens is 1. The lowest BCUT2D eigenvalue weighted by Gasteiger charge is -2.19. The maximum atomic E-state index is 12.6. The maximum Gasteiger partial charge on any atom is 0.329 e. The van der Waals surface area contributed by atoms with Crippen LogP contribution in [0.5, 0.6) is 0 Å². The molecule has 1 heterocycles. The van der Waals surface area contributed by atoms with Crippen molar-refractivity contribution in [2.24, 2.45) is 5.92 Å². The van der Waals surface area contributed by atoms with Gasteiger partial charge in [0.15, 0.2) is 12.4 Å². The van der Waals surface area contributed by atoms with Crippen molar-refractivity contribution < 1.29 is 18.7 Å². The third-order valence-electron chi connectivity index (χ3n) is 4.26. The van der Waals surface area contributed by atoms with E-state index >= 15 is 0 Å². The lowest BCUT2D eigenvalue weighted by atomic mass is 10.0. The molecular formula is C23H24N2O4. The zero-order valence-electron chi connectivity index (χ0n) is 16.5. The van der Waals surface area contributed by atoms with Gasteiger partial charge in [-0.2, -0.15) is 0 Å². The smallest absolute Gasteiger partial charge is 0.329 e. The molecule has 0 aliphatic rings. The standard InChI is InChI=1S/C23H24N2O4/c1-16(2)13-20(25-21(26)17-9-5-3-6-10-17)23(27)28-15-19-14-24-22(29-19)18-11-7-4-8-12-18/h3-12,14,16,20H,13,15H2,1-2H3,(H,25,26)/t20-/m0/s1. The molecule has 0 aliphatic heterocycles. The van der Waals surface area contributed by atoms with Gasteiger partial charge >= 0.3 is 5.97 Å². The zero-order valence-corrected chi connectivity index (χ0v) is 16.5. The first kappa shape index (κ1) is 20.3. The summed E-state index contributed by atoms with van der Waals surface area (Å²) in [6.07, 6.45) is 2.01. The molecule has 0 aliphatic carbocycles. The molecule has 0 fully saturated rings. The number of benzene rings is 2. The van der Waals surface area contributed by atoms with Crippen LogP contribution in [0.1, 0.15) is 36.4 Å². The van der Waals surface area contributed by atoms with Crippen molar-refractivity contribution >= 4 is 11.9 Å². The van der Waals surface area contributed by atoms with Gasteiger partial charge in [-0.3, -0.25) is 4.79 Å². The molecule has 3 rings (SSSR count). The second-order valence-electron chi connectivity index (χ2n) is 7.13. The van der Waals surface area contributed by atoms with Crippen molar-refractivity contribution in [3.63, 3.8) is 0 Å². The summed E-state index contributed by atoms with van der Waals surface area (Å²) in [5, 5.41) is 2.77. The Balaban J connectivity index is 1.61. The molecule has 6 heteroatoms. The number of rotatable bonds is 8. The number of ether oxygens (including phenoxy) is 1. The minimum atomic E-state index is -0.737. The maximum absolute atomic E-state index is 12.6. The molecule has 0 bridgehead atoms. The van der Waals surface area contributed by atoms with Crippen LogP contribution in [0.3, 0.4) is 0 Å². The van der Waals surface area contributed by atoms with Gasteiger partial charge < -0.3 is 14.5 Å². The molecule has 2 aromatic carbocycles. The molecule has 150 valence electrons. The van der Waals surface area contributed by atoms with E-state index in [0.29, 0.717) is 23.6 Å². The number of hydrogen-bond donors (Lipinski definition) is 1. The molecule has 3 aromatic rings. The van der Waals surface area contributed by atoms with Crippen LogP contribution in [0.2, 0.25) is 0 Å². The molecule has 29 heavy (non-hydrogen) atoms. The van der Waals surface area contributed by atoms with Crippen molar-refractivity contribution in [1.82, 2.24) is 10.3 Å². The molecule has 0 saturated carbocycles. The number of nitrogens with zero attached hydrogens (tertiary/aromatic N) is 1. The van der Waals surface area contributed by atoms with Gasteiger partial charge in [-0.1, -0.05) is 50.2 Å². The largest absolute Gasteiger partial charge is 0.456 e. The Morgan fingerprint density at radius 2 is 1.69 bits per heavy atom. The van der Waals surface area contributed by atoms with E-state index in [1.807, 2.05) is 50.2 Å². The van der Waals surface area contributed by atoms with Crippen molar-refractivity contribution in [2.45, 2.75) is 32.9 Å². The number of hydrogen-bond acceptors (Lipinski definition) is 5. The highest BCUT2D eigenvalue weighted by Crippen LogP contribution is 2.19. The Bertz CT molecular complexity index is 936. The lowest BCUT2D eigenvalue weighted by molar-refractivity contribution is -0.148. The normalized spacial score (nSPS) is 11.8. The first-order valence-electron chi connectivity index (χ1n) is 9.55. The predicted octanol–water partition coefficient (Wildman–Crippen LogP) is 4.23. The summed E-state index contributed by atoms with van der Waals surface area (Å²) in [5.74, 6) is 0.307. The van der Waals surface area contributed by atoms with E-state index < -0.39 is 12.0 Å². The monoisotopic (exact) mass is 392 g/mol. The van der Waals surface area contributed by atoms with Gasteiger partial charge in [0, 0.05) is 11.1 Å². The summed E-state index contributed by atoms with van der Waals surface area (Å²) in [4.78, 5) is 29.2. The lowest BCUT2D eigenvalue weighted by Crippen LogP contribution is -2.42. The van der Waals surface area contributed by atoms with Crippen LogP contribution in [-0.4, -0.2) is 22.9 Å². The topological polar surface area (TPSA) is 81.4 Å². The van der Waals surface area contributed by atoms with Gasteiger partial charge in [-0.15, -0.1) is 0 Å². The SMILES string of the molecule is CC(C)C[C@H](NC(=O)c1ccccc1)C(=O)OCc1cnc(-c2ccccc2)o1. The average molecular weight is 392 g/mol. The number of carbonyl (C=O) groups is 2. The van der Waals surface area contributed by atoms with E-state index in [1.165, 1.54) is 6.20 Å². The molecule has 1 aromatic heterocycles. The van der Waals surface area contributed by atoms with E-state index in [1.54, 1.807) is 24.3 Å². The summed E-state index contributed by atoms with van der Waals surface area (Å²) >= 11 is 0. The summed E-state index contributed by atoms with van der Waals surface area (Å²) < 4.78 is 11.0. The molecule has 0 unspecified atom stereocenters. The predicted molar refractivity (Wildman–Crippen MR) is 109 cm³/mol. The van der Waals surface area contributed by atoms with E-state index in [-0.39, 0.29) is 18.4 Å². The molecule has 1 N–H and O–H groups in total. The van der Waals surface area contributed by atoms with Crippen LogP contribution < -0.4 is 5.32 Å². The van der Waals surface area contributed by atoms with Gasteiger partial charge in [0.25, 0.3) is 5.91 Å². The number of amides is 1. The fourth-order valence-corrected chi connectivity index (χ4v) is 2.85. The number of nitrogens with one attached hydrogen (secondary N) is 1. The van der Waals surface area contributed by atoms with Crippen LogP contribution in [0, 0.1) is 5.92 Å².